The molecule has 0 aromatic rings. The molecule has 0 aromatic heterocycles. The van der Waals surface area contributed by atoms with Gasteiger partial charge in [0.25, 0.3) is 0 Å². The first kappa shape index (κ1) is 12.8. The van der Waals surface area contributed by atoms with E-state index in [1.165, 1.54) is 0 Å². The molecule has 2 rings (SSSR count). The maximum Gasteiger partial charge on any atom is 0.324 e. The van der Waals surface area contributed by atoms with Gasteiger partial charge in [0.1, 0.15) is 5.54 Å². The molecule has 1 saturated carbocycles. The Morgan fingerprint density at radius 3 is 2.88 bits per heavy atom. The van der Waals surface area contributed by atoms with Crippen LogP contribution in [0.4, 0.5) is 0 Å². The number of rotatable bonds is 5. The summed E-state index contributed by atoms with van der Waals surface area (Å²) in [5.74, 6) is -0.755. The molecule has 2 N–H and O–H groups in total. The summed E-state index contributed by atoms with van der Waals surface area (Å²) in [6.45, 7) is 5.60. The number of hydrogen-bond donors (Lipinski definition) is 2. The van der Waals surface area contributed by atoms with Crippen LogP contribution < -0.4 is 5.32 Å². The maximum absolute atomic E-state index is 11.4. The fourth-order valence-corrected chi connectivity index (χ4v) is 2.26. The van der Waals surface area contributed by atoms with Gasteiger partial charge in [-0.15, -0.1) is 0 Å². The highest BCUT2D eigenvalue weighted by Gasteiger charge is 2.39. The van der Waals surface area contributed by atoms with Gasteiger partial charge in [-0.2, -0.15) is 0 Å². The topological polar surface area (TPSA) is 61.8 Å². The van der Waals surface area contributed by atoms with Gasteiger partial charge < -0.3 is 9.84 Å². The van der Waals surface area contributed by atoms with Gasteiger partial charge in [0, 0.05) is 32.3 Å². The van der Waals surface area contributed by atoms with Crippen LogP contribution in [0.25, 0.3) is 0 Å². The number of hydrogen-bond acceptors (Lipinski definition) is 4. The van der Waals surface area contributed by atoms with Crippen molar-refractivity contribution in [1.82, 2.24) is 10.2 Å². The Kier molecular flexibility index (Phi) is 4.01. The Balaban J connectivity index is 1.92. The van der Waals surface area contributed by atoms with Crippen LogP contribution in [0, 0.1) is 0 Å². The van der Waals surface area contributed by atoms with E-state index in [4.69, 9.17) is 4.74 Å². The third kappa shape index (κ3) is 3.66. The zero-order valence-corrected chi connectivity index (χ0v) is 10.4. The second kappa shape index (κ2) is 5.33. The Hall–Kier alpha value is -0.650. The Labute approximate surface area is 102 Å². The smallest absolute Gasteiger partial charge is 0.324 e. The van der Waals surface area contributed by atoms with E-state index in [0.717, 1.165) is 39.0 Å². The highest BCUT2D eigenvalue weighted by molar-refractivity contribution is 5.78. The molecule has 1 saturated heterocycles. The molecule has 17 heavy (non-hydrogen) atoms. The van der Waals surface area contributed by atoms with E-state index in [-0.39, 0.29) is 0 Å². The van der Waals surface area contributed by atoms with E-state index in [1.54, 1.807) is 6.92 Å². The first-order valence-electron chi connectivity index (χ1n) is 6.41. The highest BCUT2D eigenvalue weighted by atomic mass is 16.5. The lowest BCUT2D eigenvalue weighted by Gasteiger charge is -2.32. The van der Waals surface area contributed by atoms with Crippen LogP contribution in [0.1, 0.15) is 26.2 Å². The number of nitrogens with zero attached hydrogens (tertiary/aromatic N) is 1. The fourth-order valence-electron chi connectivity index (χ4n) is 2.26. The van der Waals surface area contributed by atoms with Gasteiger partial charge in [-0.1, -0.05) is 0 Å². The number of carboxylic acid groups (broad SMARTS) is 1. The Morgan fingerprint density at radius 1 is 1.47 bits per heavy atom. The summed E-state index contributed by atoms with van der Waals surface area (Å²) in [4.78, 5) is 13.6. The molecule has 0 bridgehead atoms. The molecular weight excluding hydrogens is 220 g/mol. The van der Waals surface area contributed by atoms with Crippen molar-refractivity contribution >= 4 is 5.97 Å². The number of carbonyl (C=O) groups is 1. The molecule has 0 amide bonds. The monoisotopic (exact) mass is 242 g/mol. The van der Waals surface area contributed by atoms with Crippen molar-refractivity contribution in [1.29, 1.82) is 0 Å². The van der Waals surface area contributed by atoms with Gasteiger partial charge in [-0.05, 0) is 26.2 Å². The zero-order chi connectivity index (χ0) is 12.3. The lowest BCUT2D eigenvalue weighted by molar-refractivity contribution is -0.145. The molecule has 2 fully saturated rings. The molecule has 0 spiro atoms. The average Bonchev–Trinajstić information content (AvgIpc) is 3.06. The third-order valence-electron chi connectivity index (χ3n) is 3.43. The minimum absolute atomic E-state index is 0.402. The van der Waals surface area contributed by atoms with Crippen molar-refractivity contribution in [3.05, 3.63) is 0 Å². The summed E-state index contributed by atoms with van der Waals surface area (Å²) < 4.78 is 5.38. The van der Waals surface area contributed by atoms with E-state index in [9.17, 15) is 9.90 Å². The number of aliphatic carboxylic acids is 1. The highest BCUT2D eigenvalue weighted by Crippen LogP contribution is 2.23. The van der Waals surface area contributed by atoms with Crippen LogP contribution in [0.3, 0.4) is 0 Å². The standard InChI is InChI=1S/C12H22N2O3/c1-12(11(15)16,13-10-3-4-10)9-14-5-2-7-17-8-6-14/h10,13H,2-9H2,1H3,(H,15,16). The second-order valence-electron chi connectivity index (χ2n) is 5.30. The van der Waals surface area contributed by atoms with Crippen LogP contribution in [0.2, 0.25) is 0 Å². The molecule has 1 aliphatic heterocycles. The lowest BCUT2D eigenvalue weighted by Crippen LogP contribution is -2.58. The lowest BCUT2D eigenvalue weighted by atomic mass is 10.0. The average molecular weight is 242 g/mol. The predicted octanol–water partition coefficient (Wildman–Crippen LogP) is 0.304. The van der Waals surface area contributed by atoms with Crippen LogP contribution in [-0.2, 0) is 9.53 Å². The molecule has 0 radical (unpaired) electrons. The van der Waals surface area contributed by atoms with E-state index in [1.807, 2.05) is 0 Å². The largest absolute Gasteiger partial charge is 0.480 e. The Morgan fingerprint density at radius 2 is 2.24 bits per heavy atom. The van der Waals surface area contributed by atoms with Crippen molar-refractivity contribution in [2.45, 2.75) is 37.8 Å². The van der Waals surface area contributed by atoms with Gasteiger partial charge in [0.2, 0.25) is 0 Å². The second-order valence-corrected chi connectivity index (χ2v) is 5.30. The molecule has 2 aliphatic rings. The van der Waals surface area contributed by atoms with Crippen LogP contribution in [0.15, 0.2) is 0 Å². The SMILES string of the molecule is CC(CN1CCCOCC1)(NC1CC1)C(=O)O. The molecule has 98 valence electrons. The minimum Gasteiger partial charge on any atom is -0.480 e. The van der Waals surface area contributed by atoms with Crippen LogP contribution in [0.5, 0.6) is 0 Å². The Bertz CT molecular complexity index is 273. The summed E-state index contributed by atoms with van der Waals surface area (Å²) in [6, 6.07) is 0.402. The van der Waals surface area contributed by atoms with Crippen molar-refractivity contribution in [2.24, 2.45) is 0 Å². The first-order chi connectivity index (χ1) is 8.10. The first-order valence-corrected chi connectivity index (χ1v) is 6.41. The summed E-state index contributed by atoms with van der Waals surface area (Å²) in [5.41, 5.74) is -0.828. The summed E-state index contributed by atoms with van der Waals surface area (Å²) >= 11 is 0. The number of nitrogens with one attached hydrogen (secondary N) is 1. The fraction of sp³-hybridized carbons (Fsp3) is 0.917. The van der Waals surface area contributed by atoms with Gasteiger partial charge in [-0.25, -0.2) is 0 Å². The van der Waals surface area contributed by atoms with Crippen molar-refractivity contribution < 1.29 is 14.6 Å². The quantitative estimate of drug-likeness (QED) is 0.726. The zero-order valence-electron chi connectivity index (χ0n) is 10.4. The van der Waals surface area contributed by atoms with Gasteiger partial charge in [0.05, 0.1) is 6.61 Å². The molecule has 1 atom stereocenters. The summed E-state index contributed by atoms with van der Waals surface area (Å²) in [6.07, 6.45) is 3.19. The van der Waals surface area contributed by atoms with E-state index >= 15 is 0 Å². The van der Waals surface area contributed by atoms with Crippen molar-refractivity contribution in [3.63, 3.8) is 0 Å². The number of carboxylic acids is 1. The maximum atomic E-state index is 11.4. The molecule has 5 nitrogen and oxygen atoms in total. The van der Waals surface area contributed by atoms with Gasteiger partial charge in [-0.3, -0.25) is 15.0 Å². The molecule has 5 heteroatoms. The predicted molar refractivity (Wildman–Crippen MR) is 64.1 cm³/mol. The normalized spacial score (nSPS) is 26.2. The minimum atomic E-state index is -0.828. The molecule has 1 aliphatic carbocycles. The molecule has 1 unspecified atom stereocenters. The molecular formula is C12H22N2O3. The van der Waals surface area contributed by atoms with Crippen molar-refractivity contribution in [2.75, 3.05) is 32.8 Å². The number of ether oxygens (including phenoxy) is 1. The van der Waals surface area contributed by atoms with E-state index in [2.05, 4.69) is 10.2 Å². The van der Waals surface area contributed by atoms with Gasteiger partial charge in [0.15, 0.2) is 0 Å². The van der Waals surface area contributed by atoms with Crippen molar-refractivity contribution in [3.8, 4) is 0 Å². The van der Waals surface area contributed by atoms with E-state index in [0.29, 0.717) is 19.2 Å². The van der Waals surface area contributed by atoms with Gasteiger partial charge >= 0.3 is 5.97 Å². The van der Waals surface area contributed by atoms with E-state index < -0.39 is 11.5 Å². The van der Waals surface area contributed by atoms with Crippen LogP contribution in [-0.4, -0.2) is 60.4 Å². The van der Waals surface area contributed by atoms with Crippen LogP contribution >= 0.6 is 0 Å². The summed E-state index contributed by atoms with van der Waals surface area (Å²) in [5, 5.41) is 12.6. The molecule has 1 heterocycles. The third-order valence-corrected chi connectivity index (χ3v) is 3.43. The summed E-state index contributed by atoms with van der Waals surface area (Å²) in [7, 11) is 0. The molecule has 0 aromatic carbocycles.